The highest BCUT2D eigenvalue weighted by molar-refractivity contribution is 6.30. The third-order valence-corrected chi connectivity index (χ3v) is 3.58. The fourth-order valence-electron chi connectivity index (χ4n) is 2.36. The Hall–Kier alpha value is -0.770. The molecule has 17 heavy (non-hydrogen) atoms. The lowest BCUT2D eigenvalue weighted by atomic mass is 9.86. The van der Waals surface area contributed by atoms with Crippen molar-refractivity contribution in [2.24, 2.45) is 5.73 Å². The first-order valence-electron chi connectivity index (χ1n) is 5.83. The number of hydrogen-bond donors (Lipinski definition) is 1. The maximum atomic E-state index is 6.20. The van der Waals surface area contributed by atoms with Crippen molar-refractivity contribution in [2.75, 3.05) is 13.7 Å². The smallest absolute Gasteiger partial charge is 0.134 e. The zero-order valence-corrected chi connectivity index (χ0v) is 11.0. The summed E-state index contributed by atoms with van der Waals surface area (Å²) in [5, 5.41) is 0.693. The van der Waals surface area contributed by atoms with Crippen molar-refractivity contribution in [3.8, 4) is 5.75 Å². The number of nitrogens with two attached hydrogens (primary N) is 1. The van der Waals surface area contributed by atoms with Crippen LogP contribution in [-0.2, 0) is 4.74 Å². The molecule has 2 N–H and O–H groups in total. The number of fused-ring (bicyclic) bond motifs is 1. The third kappa shape index (κ3) is 2.41. The van der Waals surface area contributed by atoms with Gasteiger partial charge in [-0.15, -0.1) is 0 Å². The van der Waals surface area contributed by atoms with Gasteiger partial charge >= 0.3 is 0 Å². The van der Waals surface area contributed by atoms with Crippen LogP contribution < -0.4 is 10.5 Å². The van der Waals surface area contributed by atoms with Gasteiger partial charge in [0, 0.05) is 30.2 Å². The van der Waals surface area contributed by atoms with Gasteiger partial charge < -0.3 is 15.2 Å². The molecule has 0 aliphatic carbocycles. The van der Waals surface area contributed by atoms with Gasteiger partial charge in [0.15, 0.2) is 0 Å². The molecule has 0 saturated carbocycles. The molecule has 1 aliphatic heterocycles. The number of ether oxygens (including phenoxy) is 2. The molecule has 0 saturated heterocycles. The van der Waals surface area contributed by atoms with E-state index >= 15 is 0 Å². The van der Waals surface area contributed by atoms with Crippen LogP contribution in [0, 0.1) is 0 Å². The summed E-state index contributed by atoms with van der Waals surface area (Å²) in [6.45, 7) is 2.64. The van der Waals surface area contributed by atoms with Gasteiger partial charge in [0.25, 0.3) is 0 Å². The summed E-state index contributed by atoms with van der Waals surface area (Å²) in [7, 11) is 1.68. The second kappa shape index (κ2) is 4.84. The number of benzene rings is 1. The van der Waals surface area contributed by atoms with Crippen LogP contribution in [0.3, 0.4) is 0 Å². The van der Waals surface area contributed by atoms with E-state index in [1.807, 2.05) is 18.2 Å². The molecule has 1 aliphatic rings. The summed E-state index contributed by atoms with van der Waals surface area (Å²) in [6.07, 6.45) is 1.63. The lowest BCUT2D eigenvalue weighted by Gasteiger charge is -2.40. The van der Waals surface area contributed by atoms with Crippen molar-refractivity contribution in [1.29, 1.82) is 0 Å². The summed E-state index contributed by atoms with van der Waals surface area (Å²) in [4.78, 5) is 0. The second-order valence-electron chi connectivity index (χ2n) is 4.56. The molecule has 1 heterocycles. The fourth-order valence-corrected chi connectivity index (χ4v) is 2.54. The molecule has 1 aromatic carbocycles. The van der Waals surface area contributed by atoms with Crippen molar-refractivity contribution in [2.45, 2.75) is 31.4 Å². The van der Waals surface area contributed by atoms with Crippen molar-refractivity contribution in [1.82, 2.24) is 0 Å². The van der Waals surface area contributed by atoms with Gasteiger partial charge in [-0.25, -0.2) is 0 Å². The summed E-state index contributed by atoms with van der Waals surface area (Å²) in [5.74, 6) is 0.826. The van der Waals surface area contributed by atoms with E-state index in [1.165, 1.54) is 0 Å². The van der Waals surface area contributed by atoms with Crippen LogP contribution in [0.1, 0.15) is 31.4 Å². The average molecular weight is 256 g/mol. The molecule has 0 aromatic heterocycles. The lowest BCUT2D eigenvalue weighted by Crippen LogP contribution is -2.46. The minimum atomic E-state index is -0.311. The Morgan fingerprint density at radius 3 is 3.00 bits per heavy atom. The number of halogens is 1. The van der Waals surface area contributed by atoms with Crippen molar-refractivity contribution >= 4 is 11.6 Å². The van der Waals surface area contributed by atoms with E-state index in [0.29, 0.717) is 11.6 Å². The first kappa shape index (κ1) is 12.7. The molecular weight excluding hydrogens is 238 g/mol. The van der Waals surface area contributed by atoms with Crippen molar-refractivity contribution in [3.05, 3.63) is 28.8 Å². The Balaban J connectivity index is 2.35. The molecule has 0 fully saturated rings. The Labute approximate surface area is 107 Å². The van der Waals surface area contributed by atoms with Gasteiger partial charge in [-0.05, 0) is 24.6 Å². The van der Waals surface area contributed by atoms with Crippen LogP contribution >= 0.6 is 11.6 Å². The van der Waals surface area contributed by atoms with Crippen LogP contribution in [0.5, 0.6) is 5.75 Å². The molecule has 94 valence electrons. The van der Waals surface area contributed by atoms with E-state index in [4.69, 9.17) is 26.8 Å². The van der Waals surface area contributed by atoms with E-state index in [0.717, 1.165) is 24.2 Å². The number of methoxy groups -OCH3 is 1. The summed E-state index contributed by atoms with van der Waals surface area (Å²) < 4.78 is 11.3. The number of rotatable bonds is 3. The Bertz CT molecular complexity index is 410. The lowest BCUT2D eigenvalue weighted by molar-refractivity contribution is -0.0337. The molecule has 2 atom stereocenters. The highest BCUT2D eigenvalue weighted by Gasteiger charge is 2.38. The Morgan fingerprint density at radius 2 is 2.35 bits per heavy atom. The monoisotopic (exact) mass is 255 g/mol. The highest BCUT2D eigenvalue weighted by atomic mass is 35.5. The quantitative estimate of drug-likeness (QED) is 0.903. The highest BCUT2D eigenvalue weighted by Crippen LogP contribution is 2.41. The van der Waals surface area contributed by atoms with Gasteiger partial charge in [-0.1, -0.05) is 18.5 Å². The molecule has 0 spiro atoms. The predicted molar refractivity (Wildman–Crippen MR) is 68.5 cm³/mol. The van der Waals surface area contributed by atoms with Crippen molar-refractivity contribution < 1.29 is 9.47 Å². The number of hydrogen-bond acceptors (Lipinski definition) is 3. The third-order valence-electron chi connectivity index (χ3n) is 3.34. The van der Waals surface area contributed by atoms with Gasteiger partial charge in [-0.3, -0.25) is 0 Å². The van der Waals surface area contributed by atoms with E-state index in [-0.39, 0.29) is 11.6 Å². The zero-order valence-electron chi connectivity index (χ0n) is 10.2. The van der Waals surface area contributed by atoms with E-state index in [9.17, 15) is 0 Å². The molecular formula is C13H18ClNO2. The predicted octanol–water partition coefficient (Wildman–Crippen LogP) is 2.92. The molecule has 0 radical (unpaired) electrons. The van der Waals surface area contributed by atoms with Crippen LogP contribution in [0.2, 0.25) is 5.02 Å². The SMILES string of the molecule is CCC1(COC)CC(N)c2cc(Cl)ccc2O1. The minimum absolute atomic E-state index is 0.0486. The summed E-state index contributed by atoms with van der Waals surface area (Å²) in [6, 6.07) is 5.55. The Morgan fingerprint density at radius 1 is 1.59 bits per heavy atom. The maximum absolute atomic E-state index is 6.20. The molecule has 1 aromatic rings. The normalized spacial score (nSPS) is 27.4. The molecule has 0 amide bonds. The van der Waals surface area contributed by atoms with Crippen LogP contribution in [-0.4, -0.2) is 19.3 Å². The van der Waals surface area contributed by atoms with Gasteiger partial charge in [-0.2, -0.15) is 0 Å². The maximum Gasteiger partial charge on any atom is 0.134 e. The van der Waals surface area contributed by atoms with E-state index in [1.54, 1.807) is 7.11 Å². The standard InChI is InChI=1S/C13H18ClNO2/c1-3-13(8-16-2)7-11(15)10-6-9(14)4-5-12(10)17-13/h4-6,11H,3,7-8,15H2,1-2H3. The minimum Gasteiger partial charge on any atom is -0.484 e. The van der Waals surface area contributed by atoms with E-state index < -0.39 is 0 Å². The fraction of sp³-hybridized carbons (Fsp3) is 0.538. The molecule has 2 unspecified atom stereocenters. The zero-order chi connectivity index (χ0) is 12.5. The van der Waals surface area contributed by atoms with Gasteiger partial charge in [0.1, 0.15) is 11.4 Å². The van der Waals surface area contributed by atoms with Crippen LogP contribution in [0.25, 0.3) is 0 Å². The van der Waals surface area contributed by atoms with E-state index in [2.05, 4.69) is 6.92 Å². The largest absolute Gasteiger partial charge is 0.484 e. The molecule has 2 rings (SSSR count). The van der Waals surface area contributed by atoms with Crippen LogP contribution in [0.15, 0.2) is 18.2 Å². The molecule has 0 bridgehead atoms. The van der Waals surface area contributed by atoms with Gasteiger partial charge in [0.05, 0.1) is 6.61 Å². The van der Waals surface area contributed by atoms with Gasteiger partial charge in [0.2, 0.25) is 0 Å². The topological polar surface area (TPSA) is 44.5 Å². The second-order valence-corrected chi connectivity index (χ2v) is 5.00. The summed E-state index contributed by atoms with van der Waals surface area (Å²) >= 11 is 5.97. The molecule has 4 heteroatoms. The van der Waals surface area contributed by atoms with Crippen molar-refractivity contribution in [3.63, 3.8) is 0 Å². The summed E-state index contributed by atoms with van der Waals surface area (Å²) in [5.41, 5.74) is 6.88. The molecule has 3 nitrogen and oxygen atoms in total. The average Bonchev–Trinajstić information content (AvgIpc) is 2.31. The first-order chi connectivity index (χ1) is 8.10. The Kier molecular flexibility index (Phi) is 3.61. The van der Waals surface area contributed by atoms with Crippen LogP contribution in [0.4, 0.5) is 0 Å². The first-order valence-corrected chi connectivity index (χ1v) is 6.21.